The molecule has 0 fully saturated rings. The van der Waals surface area contributed by atoms with Crippen molar-refractivity contribution in [2.45, 2.75) is 6.92 Å². The summed E-state index contributed by atoms with van der Waals surface area (Å²) >= 11 is 1.09. The minimum absolute atomic E-state index is 0.0444. The molecule has 1 heterocycles. The number of phenols is 2. The Hall–Kier alpha value is -3.39. The summed E-state index contributed by atoms with van der Waals surface area (Å²) in [4.78, 5) is 17.3. The number of aliphatic hydroxyl groups excluding tert-OH is 1. The van der Waals surface area contributed by atoms with Crippen LogP contribution in [0.4, 0.5) is 5.69 Å². The molecule has 0 atom stereocenters. The third-order valence-electron chi connectivity index (χ3n) is 3.97. The summed E-state index contributed by atoms with van der Waals surface area (Å²) in [6.45, 7) is 1.82. The van der Waals surface area contributed by atoms with Crippen molar-refractivity contribution in [1.82, 2.24) is 0 Å². The maximum atomic E-state index is 12.4. The third-order valence-corrected chi connectivity index (χ3v) is 4.99. The molecule has 150 valence electrons. The normalized spacial score (nSPS) is 16.5. The molecule has 0 aliphatic carbocycles. The molecule has 0 unspecified atom stereocenters. The fourth-order valence-corrected chi connectivity index (χ4v) is 3.63. The topological polar surface area (TPSA) is 109 Å². The fourth-order valence-electron chi connectivity index (χ4n) is 2.60. The quantitative estimate of drug-likeness (QED) is 0.495. The summed E-state index contributed by atoms with van der Waals surface area (Å²) in [6.07, 6.45) is 1.57. The number of aliphatic hydroxyl groups is 1. The van der Waals surface area contributed by atoms with Gasteiger partial charge in [0.25, 0.3) is 0 Å². The van der Waals surface area contributed by atoms with Crippen LogP contribution in [0.3, 0.4) is 0 Å². The number of thioether (sulfide) groups is 1. The molecule has 3 rings (SSSR count). The van der Waals surface area contributed by atoms with E-state index < -0.39 is 5.97 Å². The number of carbonyl (C=O) groups excluding carboxylic acids is 1. The van der Waals surface area contributed by atoms with E-state index in [9.17, 15) is 20.1 Å². The summed E-state index contributed by atoms with van der Waals surface area (Å²) < 4.78 is 10.4. The van der Waals surface area contributed by atoms with Crippen molar-refractivity contribution >= 4 is 34.5 Å². The Bertz CT molecular complexity index is 1040. The predicted molar refractivity (Wildman–Crippen MR) is 112 cm³/mol. The maximum absolute atomic E-state index is 12.4. The van der Waals surface area contributed by atoms with Gasteiger partial charge >= 0.3 is 5.97 Å². The molecule has 1 aliphatic rings. The van der Waals surface area contributed by atoms with Gasteiger partial charge in [0.05, 0.1) is 18.6 Å². The molecule has 0 saturated carbocycles. The van der Waals surface area contributed by atoms with Crippen LogP contribution < -0.4 is 4.74 Å². The van der Waals surface area contributed by atoms with Crippen LogP contribution in [0.25, 0.3) is 6.08 Å². The lowest BCUT2D eigenvalue weighted by Crippen LogP contribution is -2.12. The van der Waals surface area contributed by atoms with Gasteiger partial charge in [0.2, 0.25) is 0 Å². The van der Waals surface area contributed by atoms with Crippen molar-refractivity contribution in [3.05, 3.63) is 64.3 Å². The molecule has 0 spiro atoms. The molecule has 2 aromatic rings. The van der Waals surface area contributed by atoms with E-state index in [0.29, 0.717) is 21.9 Å². The van der Waals surface area contributed by atoms with Crippen LogP contribution in [0, 0.1) is 0 Å². The van der Waals surface area contributed by atoms with E-state index in [2.05, 4.69) is 4.99 Å². The Kier molecular flexibility index (Phi) is 6.13. The van der Waals surface area contributed by atoms with Gasteiger partial charge in [-0.3, -0.25) is 0 Å². The number of esters is 1. The summed E-state index contributed by atoms with van der Waals surface area (Å²) in [5.41, 5.74) is 0.976. The highest BCUT2D eigenvalue weighted by atomic mass is 32.2. The second-order valence-electron chi connectivity index (χ2n) is 5.89. The Morgan fingerprint density at radius 2 is 1.90 bits per heavy atom. The number of para-hydroxylation sites is 2. The number of hydrogen-bond donors (Lipinski definition) is 3. The molecule has 1 aliphatic heterocycles. The zero-order chi connectivity index (χ0) is 21.0. The number of aromatic hydroxyl groups is 2. The second kappa shape index (κ2) is 8.74. The van der Waals surface area contributed by atoms with Crippen LogP contribution in [0.1, 0.15) is 12.5 Å². The molecular formula is C21H19NO6S. The number of phenolic OH excluding ortho intramolecular Hbond substituents is 2. The molecule has 3 N–H and O–H groups in total. The molecule has 0 aromatic heterocycles. The Balaban J connectivity index is 2.07. The SMILES string of the molecule is CCOC(=O)C1=C(O)/C(=C\c2ccc(O)c(O)c2)SC1=Nc1ccccc1OC. The first kappa shape index (κ1) is 20.3. The van der Waals surface area contributed by atoms with Crippen molar-refractivity contribution in [2.24, 2.45) is 4.99 Å². The smallest absolute Gasteiger partial charge is 0.344 e. The molecule has 0 bridgehead atoms. The van der Waals surface area contributed by atoms with E-state index in [1.807, 2.05) is 0 Å². The largest absolute Gasteiger partial charge is 0.506 e. The lowest BCUT2D eigenvalue weighted by Gasteiger charge is -2.06. The molecule has 0 radical (unpaired) electrons. The first-order chi connectivity index (χ1) is 13.9. The highest BCUT2D eigenvalue weighted by Crippen LogP contribution is 2.41. The summed E-state index contributed by atoms with van der Waals surface area (Å²) in [5.74, 6) is -0.988. The number of benzene rings is 2. The molecule has 7 nitrogen and oxygen atoms in total. The van der Waals surface area contributed by atoms with Crippen LogP contribution in [0.2, 0.25) is 0 Å². The van der Waals surface area contributed by atoms with Crippen molar-refractivity contribution in [3.8, 4) is 17.2 Å². The number of rotatable bonds is 5. The second-order valence-corrected chi connectivity index (χ2v) is 6.92. The van der Waals surface area contributed by atoms with Gasteiger partial charge in [0, 0.05) is 0 Å². The average molecular weight is 413 g/mol. The van der Waals surface area contributed by atoms with Gasteiger partial charge in [0.1, 0.15) is 27.8 Å². The van der Waals surface area contributed by atoms with Gasteiger partial charge in [-0.05, 0) is 42.8 Å². The van der Waals surface area contributed by atoms with Crippen LogP contribution in [0.5, 0.6) is 17.2 Å². The number of carbonyl (C=O) groups is 1. The number of hydrogen-bond acceptors (Lipinski definition) is 8. The van der Waals surface area contributed by atoms with Crippen LogP contribution in [-0.2, 0) is 9.53 Å². The first-order valence-corrected chi connectivity index (χ1v) is 9.50. The van der Waals surface area contributed by atoms with E-state index in [4.69, 9.17) is 9.47 Å². The minimum Gasteiger partial charge on any atom is -0.506 e. The number of methoxy groups -OCH3 is 1. The standard InChI is InChI=1S/C21H19NO6S/c1-3-28-21(26)18-19(25)17(11-12-8-9-14(23)15(24)10-12)29-20(18)22-13-6-4-5-7-16(13)27-2/h4-11,23-25H,3H2,1-2H3/b17-11+,22-20?. The van der Waals surface area contributed by atoms with E-state index in [0.717, 1.165) is 11.8 Å². The maximum Gasteiger partial charge on any atom is 0.344 e. The van der Waals surface area contributed by atoms with Crippen molar-refractivity contribution in [3.63, 3.8) is 0 Å². The number of nitrogens with zero attached hydrogens (tertiary/aromatic N) is 1. The van der Waals surface area contributed by atoms with Crippen LogP contribution in [-0.4, -0.2) is 40.0 Å². The molecule has 2 aromatic carbocycles. The number of aliphatic imine (C=N–C) groups is 1. The number of ether oxygens (including phenoxy) is 2. The predicted octanol–water partition coefficient (Wildman–Crippen LogP) is 4.30. The zero-order valence-corrected chi connectivity index (χ0v) is 16.6. The van der Waals surface area contributed by atoms with Gasteiger partial charge in [-0.2, -0.15) is 0 Å². The lowest BCUT2D eigenvalue weighted by molar-refractivity contribution is -0.138. The molecular weight excluding hydrogens is 394 g/mol. The average Bonchev–Trinajstić information content (AvgIpc) is 3.00. The van der Waals surface area contributed by atoms with E-state index >= 15 is 0 Å². The summed E-state index contributed by atoms with van der Waals surface area (Å²) in [7, 11) is 1.52. The van der Waals surface area contributed by atoms with Crippen molar-refractivity contribution < 1.29 is 29.6 Å². The van der Waals surface area contributed by atoms with Crippen LogP contribution >= 0.6 is 11.8 Å². The van der Waals surface area contributed by atoms with E-state index in [1.54, 1.807) is 43.3 Å². The highest BCUT2D eigenvalue weighted by molar-refractivity contribution is 8.18. The zero-order valence-electron chi connectivity index (χ0n) is 15.7. The van der Waals surface area contributed by atoms with Gasteiger partial charge in [-0.25, -0.2) is 9.79 Å². The van der Waals surface area contributed by atoms with Gasteiger partial charge < -0.3 is 24.8 Å². The fraction of sp³-hybridized carbons (Fsp3) is 0.143. The van der Waals surface area contributed by atoms with E-state index in [1.165, 1.54) is 19.2 Å². The summed E-state index contributed by atoms with van der Waals surface area (Å²) in [6, 6.07) is 11.3. The van der Waals surface area contributed by atoms with Gasteiger partial charge in [0.15, 0.2) is 11.5 Å². The minimum atomic E-state index is -0.692. The highest BCUT2D eigenvalue weighted by Gasteiger charge is 2.33. The molecule has 0 saturated heterocycles. The van der Waals surface area contributed by atoms with Crippen molar-refractivity contribution in [1.29, 1.82) is 0 Å². The molecule has 29 heavy (non-hydrogen) atoms. The lowest BCUT2D eigenvalue weighted by atomic mass is 10.1. The van der Waals surface area contributed by atoms with E-state index in [-0.39, 0.29) is 34.5 Å². The Labute approximate surface area is 171 Å². The van der Waals surface area contributed by atoms with Crippen LogP contribution in [0.15, 0.2) is 63.7 Å². The third kappa shape index (κ3) is 4.38. The van der Waals surface area contributed by atoms with Gasteiger partial charge in [-0.15, -0.1) is 0 Å². The van der Waals surface area contributed by atoms with Gasteiger partial charge in [-0.1, -0.05) is 30.0 Å². The summed E-state index contributed by atoms with van der Waals surface area (Å²) in [5, 5.41) is 30.1. The molecule has 0 amide bonds. The Morgan fingerprint density at radius 3 is 2.59 bits per heavy atom. The van der Waals surface area contributed by atoms with Crippen molar-refractivity contribution in [2.75, 3.05) is 13.7 Å². The molecule has 8 heteroatoms. The Morgan fingerprint density at radius 1 is 1.14 bits per heavy atom. The monoisotopic (exact) mass is 413 g/mol. The first-order valence-electron chi connectivity index (χ1n) is 8.69.